The third-order valence-corrected chi connectivity index (χ3v) is 4.64. The molecule has 0 saturated carbocycles. The highest BCUT2D eigenvalue weighted by atomic mass is 16.7. The van der Waals surface area contributed by atoms with Crippen LogP contribution in [0, 0.1) is 0 Å². The molecular formula is C22H25NO6. The summed E-state index contributed by atoms with van der Waals surface area (Å²) in [4.78, 5) is 26.1. The molecule has 7 heteroatoms. The van der Waals surface area contributed by atoms with E-state index in [0.29, 0.717) is 18.7 Å². The molecular weight excluding hydrogens is 374 g/mol. The Labute approximate surface area is 169 Å². The van der Waals surface area contributed by atoms with Gasteiger partial charge in [0.25, 0.3) is 0 Å². The molecule has 1 fully saturated rings. The number of ether oxygens (including phenoxy) is 3. The van der Waals surface area contributed by atoms with Crippen molar-refractivity contribution in [3.8, 4) is 5.75 Å². The molecule has 1 N–H and O–H groups in total. The number of hydrogen-bond donors (Lipinski definition) is 1. The molecule has 0 radical (unpaired) electrons. The Bertz CT molecular complexity index is 817. The second kappa shape index (κ2) is 9.54. The van der Waals surface area contributed by atoms with Gasteiger partial charge in [-0.1, -0.05) is 30.3 Å². The van der Waals surface area contributed by atoms with Crippen molar-refractivity contribution in [2.75, 3.05) is 19.7 Å². The molecule has 1 heterocycles. The second-order valence-electron chi connectivity index (χ2n) is 6.71. The Morgan fingerprint density at radius 3 is 2.28 bits per heavy atom. The van der Waals surface area contributed by atoms with E-state index in [1.54, 1.807) is 11.8 Å². The maximum Gasteiger partial charge on any atom is 0.397 e. The van der Waals surface area contributed by atoms with E-state index in [2.05, 4.69) is 0 Å². The van der Waals surface area contributed by atoms with E-state index in [1.807, 2.05) is 30.3 Å². The maximum atomic E-state index is 12.8. The van der Waals surface area contributed by atoms with Crippen LogP contribution in [-0.2, 0) is 20.9 Å². The third kappa shape index (κ3) is 5.13. The van der Waals surface area contributed by atoms with Gasteiger partial charge < -0.3 is 19.3 Å². The van der Waals surface area contributed by atoms with Crippen molar-refractivity contribution in [3.63, 3.8) is 0 Å². The Kier molecular flexibility index (Phi) is 6.85. The number of likely N-dealkylation sites (tertiary alicyclic amines) is 1. The molecule has 1 saturated heterocycles. The van der Waals surface area contributed by atoms with Crippen LogP contribution in [0.15, 0.2) is 54.6 Å². The summed E-state index contributed by atoms with van der Waals surface area (Å²) in [6.07, 6.45) is 1.69. The predicted octanol–water partition coefficient (Wildman–Crippen LogP) is 2.73. The normalized spacial score (nSPS) is 16.1. The van der Waals surface area contributed by atoms with Gasteiger partial charge in [-0.3, -0.25) is 0 Å². The summed E-state index contributed by atoms with van der Waals surface area (Å²) in [5.41, 5.74) is 1.17. The van der Waals surface area contributed by atoms with E-state index in [9.17, 15) is 14.7 Å². The zero-order valence-electron chi connectivity index (χ0n) is 16.4. The largest absolute Gasteiger partial charge is 0.462 e. The molecule has 0 spiro atoms. The molecule has 1 atom stereocenters. The molecule has 2 aromatic rings. The van der Waals surface area contributed by atoms with E-state index in [1.165, 1.54) is 24.3 Å². The number of hydrogen-bond acceptors (Lipinski definition) is 7. The van der Waals surface area contributed by atoms with Gasteiger partial charge in [-0.05, 0) is 49.6 Å². The van der Waals surface area contributed by atoms with Crippen molar-refractivity contribution in [3.05, 3.63) is 65.7 Å². The minimum atomic E-state index is -2.24. The molecule has 0 bridgehead atoms. The molecule has 0 aliphatic carbocycles. The minimum Gasteiger partial charge on any atom is -0.462 e. The van der Waals surface area contributed by atoms with Crippen molar-refractivity contribution in [2.45, 2.75) is 32.3 Å². The third-order valence-electron chi connectivity index (χ3n) is 4.64. The Morgan fingerprint density at radius 2 is 1.66 bits per heavy atom. The summed E-state index contributed by atoms with van der Waals surface area (Å²) in [5.74, 6) is -3.32. The van der Waals surface area contributed by atoms with Gasteiger partial charge in [0.1, 0.15) is 12.4 Å². The van der Waals surface area contributed by atoms with Gasteiger partial charge in [-0.15, -0.1) is 0 Å². The Hall–Kier alpha value is -2.90. The average molecular weight is 399 g/mol. The molecule has 2 aromatic carbocycles. The van der Waals surface area contributed by atoms with Gasteiger partial charge in [0.05, 0.1) is 12.2 Å². The number of nitrogens with zero attached hydrogens (tertiary/aromatic N) is 1. The lowest BCUT2D eigenvalue weighted by atomic mass is 10.2. The van der Waals surface area contributed by atoms with Crippen molar-refractivity contribution in [1.82, 2.24) is 4.90 Å². The molecule has 0 aromatic heterocycles. The zero-order chi connectivity index (χ0) is 20.7. The monoisotopic (exact) mass is 399 g/mol. The maximum absolute atomic E-state index is 12.8. The van der Waals surface area contributed by atoms with Gasteiger partial charge in [0.15, 0.2) is 0 Å². The van der Waals surface area contributed by atoms with E-state index < -0.39 is 17.8 Å². The summed E-state index contributed by atoms with van der Waals surface area (Å²) >= 11 is 0. The SMILES string of the molecule is CCOC(=O)c1ccc(OC(O)(C(=O)OCc2ccccc2)N2CCCC2)cc1. The minimum absolute atomic E-state index is 0.0287. The lowest BCUT2D eigenvalue weighted by Crippen LogP contribution is -2.58. The number of benzene rings is 2. The first-order valence-electron chi connectivity index (χ1n) is 9.67. The van der Waals surface area contributed by atoms with Crippen LogP contribution in [0.2, 0.25) is 0 Å². The van der Waals surface area contributed by atoms with Crippen LogP contribution < -0.4 is 4.74 Å². The number of carbonyl (C=O) groups excluding carboxylic acids is 2. The summed E-state index contributed by atoms with van der Waals surface area (Å²) < 4.78 is 16.0. The highest BCUT2D eigenvalue weighted by Gasteiger charge is 2.48. The first kappa shape index (κ1) is 20.8. The smallest absolute Gasteiger partial charge is 0.397 e. The van der Waals surface area contributed by atoms with Crippen LogP contribution in [0.5, 0.6) is 5.75 Å². The van der Waals surface area contributed by atoms with Crippen molar-refractivity contribution >= 4 is 11.9 Å². The fourth-order valence-electron chi connectivity index (χ4n) is 3.11. The molecule has 29 heavy (non-hydrogen) atoms. The summed E-state index contributed by atoms with van der Waals surface area (Å²) in [5, 5.41) is 11.1. The van der Waals surface area contributed by atoms with Crippen molar-refractivity contribution in [1.29, 1.82) is 0 Å². The van der Waals surface area contributed by atoms with Gasteiger partial charge in [0, 0.05) is 13.1 Å². The number of carbonyl (C=O) groups is 2. The van der Waals surface area contributed by atoms with Gasteiger partial charge in [-0.2, -0.15) is 0 Å². The molecule has 3 rings (SSSR count). The topological polar surface area (TPSA) is 85.3 Å². The van der Waals surface area contributed by atoms with Crippen molar-refractivity contribution < 1.29 is 28.9 Å². The van der Waals surface area contributed by atoms with Gasteiger partial charge in [-0.25, -0.2) is 14.5 Å². The Morgan fingerprint density at radius 1 is 1.00 bits per heavy atom. The number of rotatable bonds is 8. The lowest BCUT2D eigenvalue weighted by Gasteiger charge is -2.34. The lowest BCUT2D eigenvalue weighted by molar-refractivity contribution is -0.250. The predicted molar refractivity (Wildman–Crippen MR) is 105 cm³/mol. The highest BCUT2D eigenvalue weighted by Crippen LogP contribution is 2.26. The van der Waals surface area contributed by atoms with E-state index in [0.717, 1.165) is 18.4 Å². The summed E-state index contributed by atoms with van der Waals surface area (Å²) in [7, 11) is 0. The summed E-state index contributed by atoms with van der Waals surface area (Å²) in [6.45, 7) is 3.06. The first-order chi connectivity index (χ1) is 14.0. The standard InChI is InChI=1S/C22H25NO6/c1-2-27-20(24)18-10-12-19(13-11-18)29-22(26,23-14-6-7-15-23)21(25)28-16-17-8-4-3-5-9-17/h3-5,8-13,26H,2,6-7,14-16H2,1H3. The quantitative estimate of drug-likeness (QED) is 0.540. The van der Waals surface area contributed by atoms with Gasteiger partial charge in [0.2, 0.25) is 0 Å². The highest BCUT2D eigenvalue weighted by molar-refractivity contribution is 5.89. The van der Waals surface area contributed by atoms with Crippen LogP contribution in [-0.4, -0.2) is 47.6 Å². The van der Waals surface area contributed by atoms with Crippen molar-refractivity contribution in [2.24, 2.45) is 0 Å². The van der Waals surface area contributed by atoms with E-state index in [-0.39, 0.29) is 19.0 Å². The first-order valence-corrected chi connectivity index (χ1v) is 9.67. The van der Waals surface area contributed by atoms with Gasteiger partial charge >= 0.3 is 17.8 Å². The number of esters is 2. The summed E-state index contributed by atoms with van der Waals surface area (Å²) in [6, 6.07) is 15.3. The number of aliphatic hydroxyl groups is 1. The Balaban J connectivity index is 1.73. The molecule has 154 valence electrons. The average Bonchev–Trinajstić information content (AvgIpc) is 3.29. The second-order valence-corrected chi connectivity index (χ2v) is 6.71. The molecule has 1 aliphatic rings. The molecule has 0 amide bonds. The van der Waals surface area contributed by atoms with E-state index in [4.69, 9.17) is 14.2 Å². The van der Waals surface area contributed by atoms with E-state index >= 15 is 0 Å². The van der Waals surface area contributed by atoms with Crippen LogP contribution in [0.25, 0.3) is 0 Å². The zero-order valence-corrected chi connectivity index (χ0v) is 16.4. The fourth-order valence-corrected chi connectivity index (χ4v) is 3.11. The van der Waals surface area contributed by atoms with Crippen LogP contribution in [0.4, 0.5) is 0 Å². The molecule has 7 nitrogen and oxygen atoms in total. The fraction of sp³-hybridized carbons (Fsp3) is 0.364. The molecule has 1 aliphatic heterocycles. The van der Waals surface area contributed by atoms with Crippen LogP contribution in [0.3, 0.4) is 0 Å². The van der Waals surface area contributed by atoms with Crippen LogP contribution in [0.1, 0.15) is 35.7 Å². The molecule has 1 unspecified atom stereocenters. The van der Waals surface area contributed by atoms with Crippen LogP contribution >= 0.6 is 0 Å².